The molecule has 146 valence electrons. The molecule has 1 heterocycles. The zero-order valence-electron chi connectivity index (χ0n) is 16.5. The van der Waals surface area contributed by atoms with Gasteiger partial charge in [0.2, 0.25) is 5.91 Å². The number of fused-ring (bicyclic) bond motifs is 1. The lowest BCUT2D eigenvalue weighted by atomic mass is 9.94. The molecule has 2 aromatic rings. The van der Waals surface area contributed by atoms with Gasteiger partial charge < -0.3 is 15.0 Å². The van der Waals surface area contributed by atoms with Crippen molar-refractivity contribution in [3.63, 3.8) is 0 Å². The molecule has 0 aromatic heterocycles. The molecule has 28 heavy (non-hydrogen) atoms. The van der Waals surface area contributed by atoms with Crippen LogP contribution in [0.1, 0.15) is 47.1 Å². The molecule has 1 aliphatic rings. The second-order valence-electron chi connectivity index (χ2n) is 7.82. The van der Waals surface area contributed by atoms with Gasteiger partial charge in [0, 0.05) is 28.9 Å². The third-order valence-electron chi connectivity index (χ3n) is 4.69. The molecule has 0 saturated carbocycles. The zero-order valence-corrected chi connectivity index (χ0v) is 16.5. The van der Waals surface area contributed by atoms with Gasteiger partial charge in [0.05, 0.1) is 12.7 Å². The fraction of sp³-hybridized carbons (Fsp3) is 0.318. The standard InChI is InChI=1S/C22H24N2O4/c1-22(2,3)21(27)24-12-11-14-9-10-17(13-18(14)24)23-19(25)15-5-7-16(8-6-15)20(26)28-4/h5-10,13H,11-12H2,1-4H3,(H,23,25). The summed E-state index contributed by atoms with van der Waals surface area (Å²) in [6, 6.07) is 11.9. The monoisotopic (exact) mass is 380 g/mol. The van der Waals surface area contributed by atoms with Gasteiger partial charge in [0.15, 0.2) is 0 Å². The number of benzene rings is 2. The fourth-order valence-electron chi connectivity index (χ4n) is 3.15. The van der Waals surface area contributed by atoms with Crippen LogP contribution in [-0.2, 0) is 16.0 Å². The number of nitrogens with zero attached hydrogens (tertiary/aromatic N) is 1. The van der Waals surface area contributed by atoms with Crippen LogP contribution in [0.4, 0.5) is 11.4 Å². The maximum Gasteiger partial charge on any atom is 0.337 e. The highest BCUT2D eigenvalue weighted by molar-refractivity contribution is 6.06. The van der Waals surface area contributed by atoms with E-state index >= 15 is 0 Å². The van der Waals surface area contributed by atoms with Crippen molar-refractivity contribution in [1.29, 1.82) is 0 Å². The second-order valence-corrected chi connectivity index (χ2v) is 7.82. The minimum Gasteiger partial charge on any atom is -0.465 e. The summed E-state index contributed by atoms with van der Waals surface area (Å²) < 4.78 is 4.66. The summed E-state index contributed by atoms with van der Waals surface area (Å²) in [4.78, 5) is 38.5. The van der Waals surface area contributed by atoms with E-state index in [-0.39, 0.29) is 11.8 Å². The highest BCUT2D eigenvalue weighted by Gasteiger charge is 2.32. The Morgan fingerprint density at radius 1 is 1.00 bits per heavy atom. The van der Waals surface area contributed by atoms with Crippen LogP contribution in [-0.4, -0.2) is 31.4 Å². The van der Waals surface area contributed by atoms with Gasteiger partial charge >= 0.3 is 5.97 Å². The molecule has 0 fully saturated rings. The molecule has 3 rings (SSSR count). The van der Waals surface area contributed by atoms with E-state index in [0.29, 0.717) is 23.4 Å². The van der Waals surface area contributed by atoms with Gasteiger partial charge in [-0.15, -0.1) is 0 Å². The maximum absolute atomic E-state index is 12.7. The first-order valence-electron chi connectivity index (χ1n) is 9.15. The van der Waals surface area contributed by atoms with E-state index in [1.54, 1.807) is 29.2 Å². The van der Waals surface area contributed by atoms with Crippen molar-refractivity contribution in [2.45, 2.75) is 27.2 Å². The number of nitrogens with one attached hydrogen (secondary N) is 1. The molecule has 2 aromatic carbocycles. The quantitative estimate of drug-likeness (QED) is 0.825. The van der Waals surface area contributed by atoms with Crippen LogP contribution in [0.3, 0.4) is 0 Å². The van der Waals surface area contributed by atoms with E-state index in [1.807, 2.05) is 39.0 Å². The number of amides is 2. The predicted molar refractivity (Wildman–Crippen MR) is 108 cm³/mol. The molecular formula is C22H24N2O4. The Morgan fingerprint density at radius 3 is 2.25 bits per heavy atom. The molecule has 1 aliphatic heterocycles. The van der Waals surface area contributed by atoms with Crippen LogP contribution in [0.2, 0.25) is 0 Å². The van der Waals surface area contributed by atoms with Gasteiger partial charge in [-0.1, -0.05) is 26.8 Å². The summed E-state index contributed by atoms with van der Waals surface area (Å²) in [5.41, 5.74) is 2.90. The van der Waals surface area contributed by atoms with E-state index < -0.39 is 11.4 Å². The number of esters is 1. The lowest BCUT2D eigenvalue weighted by Crippen LogP contribution is -2.38. The predicted octanol–water partition coefficient (Wildman–Crippen LogP) is 3.66. The van der Waals surface area contributed by atoms with Crippen LogP contribution < -0.4 is 10.2 Å². The summed E-state index contributed by atoms with van der Waals surface area (Å²) in [7, 11) is 1.31. The molecule has 0 aliphatic carbocycles. The van der Waals surface area contributed by atoms with Crippen molar-refractivity contribution in [2.75, 3.05) is 23.9 Å². The Kier molecular flexibility index (Phi) is 5.23. The molecular weight excluding hydrogens is 356 g/mol. The summed E-state index contributed by atoms with van der Waals surface area (Å²) in [5.74, 6) is -0.676. The molecule has 0 spiro atoms. The van der Waals surface area contributed by atoms with Crippen molar-refractivity contribution in [2.24, 2.45) is 5.41 Å². The van der Waals surface area contributed by atoms with E-state index in [9.17, 15) is 14.4 Å². The molecule has 0 radical (unpaired) electrons. The number of hydrogen-bond donors (Lipinski definition) is 1. The Hall–Kier alpha value is -3.15. The van der Waals surface area contributed by atoms with Gasteiger partial charge in [0.25, 0.3) is 5.91 Å². The average molecular weight is 380 g/mol. The largest absolute Gasteiger partial charge is 0.465 e. The lowest BCUT2D eigenvalue weighted by Gasteiger charge is -2.26. The number of rotatable bonds is 3. The van der Waals surface area contributed by atoms with Crippen molar-refractivity contribution in [3.8, 4) is 0 Å². The first kappa shape index (κ1) is 19.6. The number of anilines is 2. The first-order valence-corrected chi connectivity index (χ1v) is 9.15. The van der Waals surface area contributed by atoms with Crippen LogP contribution in [0.5, 0.6) is 0 Å². The summed E-state index contributed by atoms with van der Waals surface area (Å²) in [6.07, 6.45) is 0.806. The zero-order chi connectivity index (χ0) is 20.5. The van der Waals surface area contributed by atoms with E-state index in [1.165, 1.54) is 7.11 Å². The number of ether oxygens (including phenoxy) is 1. The number of carbonyl (C=O) groups is 3. The van der Waals surface area contributed by atoms with Crippen molar-refractivity contribution in [1.82, 2.24) is 0 Å². The highest BCUT2D eigenvalue weighted by atomic mass is 16.5. The Bertz CT molecular complexity index is 927. The minimum absolute atomic E-state index is 0.0631. The van der Waals surface area contributed by atoms with Crippen LogP contribution >= 0.6 is 0 Å². The molecule has 0 bridgehead atoms. The van der Waals surface area contributed by atoms with Gasteiger partial charge in [-0.25, -0.2) is 4.79 Å². The smallest absolute Gasteiger partial charge is 0.337 e. The molecule has 0 unspecified atom stereocenters. The number of carbonyl (C=O) groups excluding carboxylic acids is 3. The Morgan fingerprint density at radius 2 is 1.64 bits per heavy atom. The SMILES string of the molecule is COC(=O)c1ccc(C(=O)Nc2ccc3c(c2)N(C(=O)C(C)(C)C)CC3)cc1. The number of methoxy groups -OCH3 is 1. The van der Waals surface area contributed by atoms with Crippen molar-refractivity contribution in [3.05, 3.63) is 59.2 Å². The minimum atomic E-state index is -0.470. The maximum atomic E-state index is 12.7. The molecule has 2 amide bonds. The third-order valence-corrected chi connectivity index (χ3v) is 4.69. The van der Waals surface area contributed by atoms with Gasteiger partial charge in [0.1, 0.15) is 0 Å². The molecule has 6 nitrogen and oxygen atoms in total. The Balaban J connectivity index is 1.78. The summed E-state index contributed by atoms with van der Waals surface area (Å²) in [5, 5.41) is 2.86. The summed E-state index contributed by atoms with van der Waals surface area (Å²) >= 11 is 0. The third kappa shape index (κ3) is 3.91. The van der Waals surface area contributed by atoms with Crippen LogP contribution in [0.15, 0.2) is 42.5 Å². The van der Waals surface area contributed by atoms with Crippen LogP contribution in [0.25, 0.3) is 0 Å². The van der Waals surface area contributed by atoms with E-state index in [0.717, 1.165) is 17.7 Å². The molecule has 1 N–H and O–H groups in total. The van der Waals surface area contributed by atoms with Gasteiger partial charge in [-0.2, -0.15) is 0 Å². The molecule has 0 saturated heterocycles. The van der Waals surface area contributed by atoms with Crippen LogP contribution in [0, 0.1) is 5.41 Å². The average Bonchev–Trinajstić information content (AvgIpc) is 3.09. The molecule has 6 heteroatoms. The first-order chi connectivity index (χ1) is 13.2. The topological polar surface area (TPSA) is 75.7 Å². The van der Waals surface area contributed by atoms with E-state index in [2.05, 4.69) is 10.1 Å². The van der Waals surface area contributed by atoms with Crippen molar-refractivity contribution < 1.29 is 19.1 Å². The highest BCUT2D eigenvalue weighted by Crippen LogP contribution is 2.34. The summed E-state index contributed by atoms with van der Waals surface area (Å²) in [6.45, 7) is 6.35. The molecule has 0 atom stereocenters. The lowest BCUT2D eigenvalue weighted by molar-refractivity contribution is -0.125. The van der Waals surface area contributed by atoms with Gasteiger partial charge in [-0.05, 0) is 48.4 Å². The number of hydrogen-bond acceptors (Lipinski definition) is 4. The fourth-order valence-corrected chi connectivity index (χ4v) is 3.15. The van der Waals surface area contributed by atoms with Crippen molar-refractivity contribution >= 4 is 29.2 Å². The second kappa shape index (κ2) is 7.46. The van der Waals surface area contributed by atoms with E-state index in [4.69, 9.17) is 0 Å². The Labute approximate surface area is 164 Å². The van der Waals surface area contributed by atoms with Gasteiger partial charge in [-0.3, -0.25) is 9.59 Å². The normalized spacial score (nSPS) is 13.1.